The molecule has 0 saturated carbocycles. The van der Waals surface area contributed by atoms with Gasteiger partial charge in [0.2, 0.25) is 12.7 Å². The van der Waals surface area contributed by atoms with E-state index in [0.29, 0.717) is 52.1 Å². The van der Waals surface area contributed by atoms with Crippen molar-refractivity contribution >= 4 is 22.8 Å². The molecule has 0 bridgehead atoms. The summed E-state index contributed by atoms with van der Waals surface area (Å²) in [7, 11) is 0. The first-order chi connectivity index (χ1) is 16.7. The highest BCUT2D eigenvalue weighted by atomic mass is 19.1. The molecule has 3 heterocycles. The predicted molar refractivity (Wildman–Crippen MR) is 126 cm³/mol. The summed E-state index contributed by atoms with van der Waals surface area (Å²) in [4.78, 5) is 9.21. The average molecular weight is 454 g/mol. The predicted octanol–water partition coefficient (Wildman–Crippen LogP) is 4.54. The first-order valence-electron chi connectivity index (χ1n) is 10.7. The number of ether oxygens (including phenoxy) is 2. The Morgan fingerprint density at radius 3 is 2.59 bits per heavy atom. The number of hydrogen-bond donors (Lipinski definition) is 2. The third-order valence-electron chi connectivity index (χ3n) is 5.59. The maximum atomic E-state index is 14.8. The SMILES string of the molecule is Nc1c2c(-c3ccccc3F)nc(NCc3ccc4c(c3)OCO4)nc2nn1-c1ccccc1. The molecule has 0 spiro atoms. The number of anilines is 2. The van der Waals surface area contributed by atoms with Crippen molar-refractivity contribution in [2.24, 2.45) is 0 Å². The molecule has 0 fully saturated rings. The monoisotopic (exact) mass is 454 g/mol. The van der Waals surface area contributed by atoms with Crippen LogP contribution in [-0.2, 0) is 6.54 Å². The van der Waals surface area contributed by atoms with Crippen LogP contribution in [0.2, 0.25) is 0 Å². The minimum atomic E-state index is -0.406. The van der Waals surface area contributed by atoms with Crippen molar-refractivity contribution in [3.8, 4) is 28.4 Å². The van der Waals surface area contributed by atoms with Gasteiger partial charge in [0.1, 0.15) is 11.6 Å². The van der Waals surface area contributed by atoms with E-state index in [0.717, 1.165) is 11.3 Å². The topological polar surface area (TPSA) is 100 Å². The second-order valence-corrected chi connectivity index (χ2v) is 7.75. The fraction of sp³-hybridized carbons (Fsp3) is 0.0800. The minimum Gasteiger partial charge on any atom is -0.454 e. The Kier molecular flexibility index (Phi) is 4.72. The Morgan fingerprint density at radius 2 is 1.74 bits per heavy atom. The molecule has 1 aliphatic heterocycles. The van der Waals surface area contributed by atoms with Crippen LogP contribution >= 0.6 is 0 Å². The second kappa shape index (κ2) is 8.04. The largest absolute Gasteiger partial charge is 0.454 e. The normalized spacial score (nSPS) is 12.3. The van der Waals surface area contributed by atoms with E-state index in [9.17, 15) is 4.39 Å². The Balaban J connectivity index is 1.44. The molecule has 1 aliphatic rings. The van der Waals surface area contributed by atoms with Gasteiger partial charge in [-0.1, -0.05) is 36.4 Å². The standard InChI is InChI=1S/C25H19FN6O2/c26-18-9-5-4-8-17(18)22-21-23(27)32(16-6-2-1-3-7-16)31-24(21)30-25(29-22)28-13-15-10-11-19-20(12-15)34-14-33-19/h1-12H,13-14,27H2,(H,28,30,31). The van der Waals surface area contributed by atoms with Crippen LogP contribution in [0.25, 0.3) is 28.0 Å². The molecule has 6 rings (SSSR count). The molecule has 0 unspecified atom stereocenters. The van der Waals surface area contributed by atoms with Gasteiger partial charge in [-0.15, -0.1) is 5.10 Å². The van der Waals surface area contributed by atoms with Crippen molar-refractivity contribution in [3.05, 3.63) is 84.2 Å². The molecule has 0 atom stereocenters. The molecule has 3 N–H and O–H groups in total. The van der Waals surface area contributed by atoms with E-state index in [-0.39, 0.29) is 6.79 Å². The summed E-state index contributed by atoms with van der Waals surface area (Å²) in [6.07, 6.45) is 0. The van der Waals surface area contributed by atoms with Crippen molar-refractivity contribution in [2.45, 2.75) is 6.54 Å². The van der Waals surface area contributed by atoms with Crippen molar-refractivity contribution in [1.82, 2.24) is 19.7 Å². The molecule has 9 heteroatoms. The van der Waals surface area contributed by atoms with Crippen LogP contribution in [0.15, 0.2) is 72.8 Å². The quantitative estimate of drug-likeness (QED) is 0.402. The van der Waals surface area contributed by atoms with Gasteiger partial charge < -0.3 is 20.5 Å². The van der Waals surface area contributed by atoms with Crippen LogP contribution < -0.4 is 20.5 Å². The number of fused-ring (bicyclic) bond motifs is 2. The lowest BCUT2D eigenvalue weighted by atomic mass is 10.1. The first kappa shape index (κ1) is 20.0. The van der Waals surface area contributed by atoms with Gasteiger partial charge in [-0.3, -0.25) is 0 Å². The van der Waals surface area contributed by atoms with Gasteiger partial charge in [-0.05, 0) is 42.0 Å². The highest BCUT2D eigenvalue weighted by Gasteiger charge is 2.21. The van der Waals surface area contributed by atoms with Gasteiger partial charge in [0, 0.05) is 12.1 Å². The number of hydrogen-bond acceptors (Lipinski definition) is 7. The second-order valence-electron chi connectivity index (χ2n) is 7.75. The van der Waals surface area contributed by atoms with E-state index >= 15 is 0 Å². The maximum absolute atomic E-state index is 14.8. The Hall–Kier alpha value is -4.66. The number of nitrogen functional groups attached to an aromatic ring is 1. The van der Waals surface area contributed by atoms with Gasteiger partial charge >= 0.3 is 0 Å². The van der Waals surface area contributed by atoms with E-state index in [2.05, 4.69) is 20.4 Å². The summed E-state index contributed by atoms with van der Waals surface area (Å²) >= 11 is 0. The van der Waals surface area contributed by atoms with Crippen molar-refractivity contribution in [2.75, 3.05) is 17.8 Å². The fourth-order valence-electron chi connectivity index (χ4n) is 3.94. The van der Waals surface area contributed by atoms with Crippen LogP contribution in [0.3, 0.4) is 0 Å². The molecule has 3 aromatic carbocycles. The van der Waals surface area contributed by atoms with Crippen molar-refractivity contribution in [3.63, 3.8) is 0 Å². The van der Waals surface area contributed by atoms with Gasteiger partial charge in [-0.25, -0.2) is 14.1 Å². The molecule has 5 aromatic rings. The molecule has 0 amide bonds. The van der Waals surface area contributed by atoms with Crippen LogP contribution in [-0.4, -0.2) is 26.5 Å². The van der Waals surface area contributed by atoms with Crippen LogP contribution in [0.4, 0.5) is 16.2 Å². The third kappa shape index (κ3) is 3.43. The van der Waals surface area contributed by atoms with Gasteiger partial charge in [0.05, 0.1) is 16.8 Å². The number of nitrogens with zero attached hydrogens (tertiary/aromatic N) is 4. The van der Waals surface area contributed by atoms with E-state index in [1.807, 2.05) is 48.5 Å². The lowest BCUT2D eigenvalue weighted by Gasteiger charge is -2.10. The first-order valence-corrected chi connectivity index (χ1v) is 10.7. The fourth-order valence-corrected chi connectivity index (χ4v) is 3.94. The lowest BCUT2D eigenvalue weighted by molar-refractivity contribution is 0.174. The third-order valence-corrected chi connectivity index (χ3v) is 5.59. The van der Waals surface area contributed by atoms with E-state index < -0.39 is 5.82 Å². The molecule has 0 aliphatic carbocycles. The smallest absolute Gasteiger partial charge is 0.231 e. The van der Waals surface area contributed by atoms with E-state index in [1.54, 1.807) is 22.9 Å². The summed E-state index contributed by atoms with van der Waals surface area (Å²) in [6.45, 7) is 0.636. The van der Waals surface area contributed by atoms with Gasteiger partial charge in [-0.2, -0.15) is 4.98 Å². The number of nitrogens with two attached hydrogens (primary N) is 1. The summed E-state index contributed by atoms with van der Waals surface area (Å²) < 4.78 is 27.2. The Morgan fingerprint density at radius 1 is 0.941 bits per heavy atom. The molecule has 168 valence electrons. The number of benzene rings is 3. The number of nitrogens with one attached hydrogen (secondary N) is 1. The summed E-state index contributed by atoms with van der Waals surface area (Å²) in [5.74, 6) is 1.64. The lowest BCUT2D eigenvalue weighted by Crippen LogP contribution is -2.05. The van der Waals surface area contributed by atoms with Crippen molar-refractivity contribution < 1.29 is 13.9 Å². The molecule has 8 nitrogen and oxygen atoms in total. The van der Waals surface area contributed by atoms with E-state index in [4.69, 9.17) is 15.2 Å². The van der Waals surface area contributed by atoms with Gasteiger partial charge in [0.15, 0.2) is 17.1 Å². The van der Waals surface area contributed by atoms with Crippen LogP contribution in [0, 0.1) is 5.82 Å². The molecular weight excluding hydrogens is 435 g/mol. The number of para-hydroxylation sites is 1. The summed E-state index contributed by atoms with van der Waals surface area (Å²) in [6, 6.07) is 21.6. The molecule has 0 radical (unpaired) electrons. The maximum Gasteiger partial charge on any atom is 0.231 e. The van der Waals surface area contributed by atoms with Crippen molar-refractivity contribution in [1.29, 1.82) is 0 Å². The minimum absolute atomic E-state index is 0.212. The highest BCUT2D eigenvalue weighted by Crippen LogP contribution is 2.35. The van der Waals surface area contributed by atoms with Gasteiger partial charge in [0.25, 0.3) is 0 Å². The zero-order valence-corrected chi connectivity index (χ0v) is 17.9. The zero-order chi connectivity index (χ0) is 23.1. The average Bonchev–Trinajstić information content (AvgIpc) is 3.47. The summed E-state index contributed by atoms with van der Waals surface area (Å²) in [5.41, 5.74) is 9.26. The molecule has 2 aromatic heterocycles. The zero-order valence-electron chi connectivity index (χ0n) is 17.9. The van der Waals surface area contributed by atoms with E-state index in [1.165, 1.54) is 6.07 Å². The van der Waals surface area contributed by atoms with Crippen LogP contribution in [0.5, 0.6) is 11.5 Å². The molecule has 34 heavy (non-hydrogen) atoms. The molecule has 0 saturated heterocycles. The highest BCUT2D eigenvalue weighted by molar-refractivity contribution is 5.99. The molecular formula is C25H19FN6O2. The number of halogens is 1. The Bertz CT molecular complexity index is 1520. The van der Waals surface area contributed by atoms with Crippen LogP contribution in [0.1, 0.15) is 5.56 Å². The summed E-state index contributed by atoms with van der Waals surface area (Å²) in [5, 5.41) is 8.30. The Labute approximate surface area is 193 Å². The number of aromatic nitrogens is 4. The number of rotatable bonds is 5.